The second-order valence-corrected chi connectivity index (χ2v) is 4.15. The molecule has 0 aliphatic carbocycles. The van der Waals surface area contributed by atoms with Gasteiger partial charge < -0.3 is 5.73 Å². The Hall–Kier alpha value is -1.87. The van der Waals surface area contributed by atoms with Crippen LogP contribution in [0.2, 0.25) is 5.02 Å². The van der Waals surface area contributed by atoms with Crippen LogP contribution in [-0.4, -0.2) is 0 Å². The van der Waals surface area contributed by atoms with Gasteiger partial charge in [0.25, 0.3) is 0 Å². The molecule has 0 saturated heterocycles. The van der Waals surface area contributed by atoms with Gasteiger partial charge in [0.1, 0.15) is 5.69 Å². The second kappa shape index (κ2) is 4.97. The van der Waals surface area contributed by atoms with Gasteiger partial charge in [-0.25, -0.2) is 0 Å². The van der Waals surface area contributed by atoms with Crippen molar-refractivity contribution in [3.05, 3.63) is 53.1 Å². The zero-order valence-electron chi connectivity index (χ0n) is 9.39. The Balaban J connectivity index is 2.23. The lowest BCUT2D eigenvalue weighted by atomic mass is 10.2. The van der Waals surface area contributed by atoms with Gasteiger partial charge in [0, 0.05) is 5.69 Å². The third-order valence-corrected chi connectivity index (χ3v) is 2.57. The van der Waals surface area contributed by atoms with Crippen LogP contribution in [0, 0.1) is 6.92 Å². The van der Waals surface area contributed by atoms with Crippen LogP contribution in [0.15, 0.2) is 52.7 Å². The summed E-state index contributed by atoms with van der Waals surface area (Å²) in [6.45, 7) is 1.98. The highest BCUT2D eigenvalue weighted by Gasteiger charge is 1.98. The van der Waals surface area contributed by atoms with Crippen molar-refractivity contribution < 1.29 is 0 Å². The quantitative estimate of drug-likeness (QED) is 0.608. The molecule has 4 heteroatoms. The first-order valence-electron chi connectivity index (χ1n) is 5.18. The number of nitrogen functional groups attached to an aromatic ring is 1. The van der Waals surface area contributed by atoms with Crippen molar-refractivity contribution in [2.75, 3.05) is 5.73 Å². The van der Waals surface area contributed by atoms with E-state index in [1.54, 1.807) is 24.3 Å². The highest BCUT2D eigenvalue weighted by Crippen LogP contribution is 2.27. The number of hydrogen-bond acceptors (Lipinski definition) is 3. The fraction of sp³-hybridized carbons (Fsp3) is 0.0769. The summed E-state index contributed by atoms with van der Waals surface area (Å²) in [4.78, 5) is 0. The Kier molecular flexibility index (Phi) is 3.40. The first-order chi connectivity index (χ1) is 8.15. The zero-order chi connectivity index (χ0) is 12.3. The fourth-order valence-corrected chi connectivity index (χ4v) is 1.62. The number of nitrogens with two attached hydrogens (primary N) is 1. The van der Waals surface area contributed by atoms with Gasteiger partial charge in [-0.15, -0.1) is 5.11 Å². The average molecular weight is 246 g/mol. The monoisotopic (exact) mass is 245 g/mol. The minimum Gasteiger partial charge on any atom is -0.399 e. The predicted molar refractivity (Wildman–Crippen MR) is 71.2 cm³/mol. The molecule has 0 radical (unpaired) electrons. The van der Waals surface area contributed by atoms with E-state index in [0.29, 0.717) is 16.4 Å². The predicted octanol–water partition coefficient (Wildman–Crippen LogP) is 4.65. The molecule has 0 heterocycles. The van der Waals surface area contributed by atoms with Crippen LogP contribution < -0.4 is 5.73 Å². The number of azo groups is 1. The van der Waals surface area contributed by atoms with Crippen molar-refractivity contribution in [1.29, 1.82) is 0 Å². The summed E-state index contributed by atoms with van der Waals surface area (Å²) in [6, 6.07) is 12.8. The summed E-state index contributed by atoms with van der Waals surface area (Å²) >= 11 is 6.05. The van der Waals surface area contributed by atoms with E-state index in [1.165, 1.54) is 0 Å². The molecule has 0 unspecified atom stereocenters. The van der Waals surface area contributed by atoms with E-state index in [-0.39, 0.29) is 0 Å². The molecule has 0 spiro atoms. The molecular weight excluding hydrogens is 234 g/mol. The molecule has 0 aliphatic heterocycles. The summed E-state index contributed by atoms with van der Waals surface area (Å²) in [5.41, 5.74) is 8.79. The Morgan fingerprint density at radius 1 is 1.00 bits per heavy atom. The lowest BCUT2D eigenvalue weighted by Crippen LogP contribution is -1.80. The van der Waals surface area contributed by atoms with Gasteiger partial charge in [-0.1, -0.05) is 17.7 Å². The molecule has 86 valence electrons. The Labute approximate surface area is 105 Å². The molecule has 3 nitrogen and oxygen atoms in total. The lowest BCUT2D eigenvalue weighted by Gasteiger charge is -1.98. The third kappa shape index (κ3) is 3.04. The fourth-order valence-electron chi connectivity index (χ4n) is 1.35. The Morgan fingerprint density at radius 3 is 2.35 bits per heavy atom. The number of halogens is 1. The van der Waals surface area contributed by atoms with E-state index < -0.39 is 0 Å². The summed E-state index contributed by atoms with van der Waals surface area (Å²) in [5.74, 6) is 0. The van der Waals surface area contributed by atoms with Crippen LogP contribution >= 0.6 is 11.6 Å². The number of benzene rings is 2. The van der Waals surface area contributed by atoms with Crippen molar-refractivity contribution in [3.63, 3.8) is 0 Å². The zero-order valence-corrected chi connectivity index (χ0v) is 10.1. The summed E-state index contributed by atoms with van der Waals surface area (Å²) in [6.07, 6.45) is 0. The molecule has 0 fully saturated rings. The van der Waals surface area contributed by atoms with Crippen LogP contribution in [0.3, 0.4) is 0 Å². The molecule has 2 aromatic rings. The van der Waals surface area contributed by atoms with Crippen molar-refractivity contribution in [2.24, 2.45) is 10.2 Å². The van der Waals surface area contributed by atoms with Crippen LogP contribution in [0.25, 0.3) is 0 Å². The van der Waals surface area contributed by atoms with Crippen LogP contribution in [0.1, 0.15) is 5.56 Å². The molecule has 0 bridgehead atoms. The van der Waals surface area contributed by atoms with Crippen molar-refractivity contribution in [2.45, 2.75) is 6.92 Å². The smallest absolute Gasteiger partial charge is 0.104 e. The third-order valence-electron chi connectivity index (χ3n) is 2.27. The number of anilines is 1. The second-order valence-electron chi connectivity index (χ2n) is 3.75. The lowest BCUT2D eigenvalue weighted by molar-refractivity contribution is 1.23. The highest BCUT2D eigenvalue weighted by molar-refractivity contribution is 6.33. The van der Waals surface area contributed by atoms with Crippen LogP contribution in [-0.2, 0) is 0 Å². The maximum atomic E-state index is 6.05. The largest absolute Gasteiger partial charge is 0.399 e. The molecule has 2 aromatic carbocycles. The molecule has 2 N–H and O–H groups in total. The van der Waals surface area contributed by atoms with Gasteiger partial charge in [0.2, 0.25) is 0 Å². The van der Waals surface area contributed by atoms with Gasteiger partial charge in [-0.2, -0.15) is 5.11 Å². The van der Waals surface area contributed by atoms with E-state index in [0.717, 1.165) is 11.3 Å². The number of aryl methyl sites for hydroxylation is 1. The van der Waals surface area contributed by atoms with Crippen molar-refractivity contribution >= 4 is 28.7 Å². The van der Waals surface area contributed by atoms with Crippen molar-refractivity contribution in [1.82, 2.24) is 0 Å². The minimum atomic E-state index is 0.601. The van der Waals surface area contributed by atoms with Gasteiger partial charge >= 0.3 is 0 Å². The summed E-state index contributed by atoms with van der Waals surface area (Å²) in [7, 11) is 0. The number of rotatable bonds is 2. The topological polar surface area (TPSA) is 50.7 Å². The van der Waals surface area contributed by atoms with Gasteiger partial charge in [0.05, 0.1) is 10.7 Å². The van der Waals surface area contributed by atoms with Gasteiger partial charge in [-0.05, 0) is 48.9 Å². The summed E-state index contributed by atoms with van der Waals surface area (Å²) in [5, 5.41) is 8.79. The maximum absolute atomic E-state index is 6.05. The average Bonchev–Trinajstić information content (AvgIpc) is 2.30. The Bertz CT molecular complexity index is 547. The maximum Gasteiger partial charge on any atom is 0.104 e. The van der Waals surface area contributed by atoms with Crippen LogP contribution in [0.4, 0.5) is 17.1 Å². The van der Waals surface area contributed by atoms with E-state index in [4.69, 9.17) is 17.3 Å². The van der Waals surface area contributed by atoms with Gasteiger partial charge in [-0.3, -0.25) is 0 Å². The normalized spacial score (nSPS) is 10.9. The molecule has 0 aromatic heterocycles. The van der Waals surface area contributed by atoms with E-state index in [2.05, 4.69) is 10.2 Å². The van der Waals surface area contributed by atoms with Crippen molar-refractivity contribution in [3.8, 4) is 0 Å². The molecule has 17 heavy (non-hydrogen) atoms. The first kappa shape index (κ1) is 11.6. The molecule has 0 amide bonds. The minimum absolute atomic E-state index is 0.601. The molecular formula is C13H12ClN3. The Morgan fingerprint density at radius 2 is 1.71 bits per heavy atom. The highest BCUT2D eigenvalue weighted by atomic mass is 35.5. The molecule has 0 aliphatic rings. The van der Waals surface area contributed by atoms with Gasteiger partial charge in [0.15, 0.2) is 0 Å². The van der Waals surface area contributed by atoms with Crippen LogP contribution in [0.5, 0.6) is 0 Å². The molecule has 2 rings (SSSR count). The SMILES string of the molecule is Cc1ccc(/N=N/c2ccc(N)cc2)c(Cl)c1. The summed E-state index contributed by atoms with van der Waals surface area (Å²) < 4.78 is 0. The number of hydrogen-bond donors (Lipinski definition) is 1. The standard InChI is InChI=1S/C13H12ClN3/c1-9-2-7-13(12(14)8-9)17-16-11-5-3-10(15)4-6-11/h2-8H,15H2,1H3/b17-16+. The van der Waals surface area contributed by atoms with E-state index in [1.807, 2.05) is 25.1 Å². The molecule has 0 saturated carbocycles. The first-order valence-corrected chi connectivity index (χ1v) is 5.56. The van der Waals surface area contributed by atoms with E-state index >= 15 is 0 Å². The van der Waals surface area contributed by atoms with E-state index in [9.17, 15) is 0 Å². The number of nitrogens with zero attached hydrogens (tertiary/aromatic N) is 2. The molecule has 0 atom stereocenters.